The Morgan fingerprint density at radius 3 is 2.52 bits per heavy atom. The van der Waals surface area contributed by atoms with Gasteiger partial charge in [-0.15, -0.1) is 5.10 Å². The van der Waals surface area contributed by atoms with Crippen molar-refractivity contribution in [1.82, 2.24) is 15.0 Å². The van der Waals surface area contributed by atoms with E-state index in [9.17, 15) is 9.18 Å². The number of nitrogens with zero attached hydrogens (tertiary/aromatic N) is 3. The minimum absolute atomic E-state index is 0.144. The van der Waals surface area contributed by atoms with Gasteiger partial charge in [0.2, 0.25) is 0 Å². The molecule has 0 aliphatic heterocycles. The molecular weight excluding hydrogens is 297 g/mol. The summed E-state index contributed by atoms with van der Waals surface area (Å²) in [5.41, 5.74) is 2.20. The van der Waals surface area contributed by atoms with E-state index in [1.165, 1.54) is 16.8 Å². The van der Waals surface area contributed by atoms with E-state index in [0.29, 0.717) is 11.4 Å². The van der Waals surface area contributed by atoms with Gasteiger partial charge in [0.1, 0.15) is 12.4 Å². The number of hydrogen-bond donors (Lipinski definition) is 0. The molecule has 0 unspecified atom stereocenters. The molecule has 3 aromatic rings. The first-order valence-corrected chi connectivity index (χ1v) is 7.04. The molecule has 0 N–H and O–H groups in total. The smallest absolute Gasteiger partial charge is 0.361 e. The van der Waals surface area contributed by atoms with Gasteiger partial charge in [-0.1, -0.05) is 35.5 Å². The van der Waals surface area contributed by atoms with E-state index in [1.807, 2.05) is 30.3 Å². The first-order valence-electron chi connectivity index (χ1n) is 7.04. The molecule has 0 spiro atoms. The quantitative estimate of drug-likeness (QED) is 0.695. The molecule has 2 aromatic carbocycles. The van der Waals surface area contributed by atoms with E-state index in [2.05, 4.69) is 10.3 Å². The van der Waals surface area contributed by atoms with Crippen molar-refractivity contribution in [3.05, 3.63) is 77.4 Å². The van der Waals surface area contributed by atoms with Crippen LogP contribution in [0.15, 0.2) is 54.6 Å². The highest BCUT2D eigenvalue weighted by atomic mass is 19.1. The first-order chi connectivity index (χ1) is 11.1. The van der Waals surface area contributed by atoms with E-state index in [4.69, 9.17) is 4.74 Å². The number of esters is 1. The Kier molecular flexibility index (Phi) is 4.14. The second-order valence-corrected chi connectivity index (χ2v) is 4.97. The maximum Gasteiger partial charge on any atom is 0.361 e. The topological polar surface area (TPSA) is 57.0 Å². The fraction of sp³-hybridized carbons (Fsp3) is 0.118. The summed E-state index contributed by atoms with van der Waals surface area (Å²) in [6.45, 7) is 1.88. The highest BCUT2D eigenvalue weighted by molar-refractivity contribution is 5.88. The van der Waals surface area contributed by atoms with Crippen molar-refractivity contribution in [2.24, 2.45) is 0 Å². The summed E-state index contributed by atoms with van der Waals surface area (Å²) in [4.78, 5) is 12.1. The summed E-state index contributed by atoms with van der Waals surface area (Å²) in [5, 5.41) is 7.81. The number of benzene rings is 2. The van der Waals surface area contributed by atoms with Gasteiger partial charge < -0.3 is 4.74 Å². The predicted molar refractivity (Wildman–Crippen MR) is 81.6 cm³/mol. The summed E-state index contributed by atoms with van der Waals surface area (Å²) in [6.07, 6.45) is 0. The minimum Gasteiger partial charge on any atom is -0.456 e. The lowest BCUT2D eigenvalue weighted by Gasteiger charge is -2.05. The standard InChI is InChI=1S/C17H14FN3O2/c1-12-16(17(22)23-11-13-5-3-2-4-6-13)19-20-21(12)15-9-7-14(18)8-10-15/h2-10H,11H2,1H3. The molecule has 1 heterocycles. The Balaban J connectivity index is 1.76. The molecular formula is C17H14FN3O2. The zero-order chi connectivity index (χ0) is 16.2. The first kappa shape index (κ1) is 14.9. The minimum atomic E-state index is -0.542. The molecule has 0 saturated carbocycles. The van der Waals surface area contributed by atoms with E-state index in [-0.39, 0.29) is 18.1 Å². The van der Waals surface area contributed by atoms with Crippen LogP contribution in [0, 0.1) is 12.7 Å². The summed E-state index contributed by atoms with van der Waals surface area (Å²) in [6, 6.07) is 15.2. The number of carbonyl (C=O) groups excluding carboxylic acids is 1. The van der Waals surface area contributed by atoms with Crippen LogP contribution in [0.1, 0.15) is 21.7 Å². The van der Waals surface area contributed by atoms with Gasteiger partial charge in [-0.2, -0.15) is 0 Å². The van der Waals surface area contributed by atoms with Crippen molar-refractivity contribution < 1.29 is 13.9 Å². The van der Waals surface area contributed by atoms with Gasteiger partial charge in [0, 0.05) is 0 Å². The van der Waals surface area contributed by atoms with Crippen LogP contribution in [-0.2, 0) is 11.3 Å². The van der Waals surface area contributed by atoms with Gasteiger partial charge in [-0.25, -0.2) is 13.9 Å². The molecule has 1 aromatic heterocycles. The molecule has 0 bridgehead atoms. The number of ether oxygens (including phenoxy) is 1. The lowest BCUT2D eigenvalue weighted by molar-refractivity contribution is 0.0464. The Labute approximate surface area is 132 Å². The van der Waals surface area contributed by atoms with Crippen molar-refractivity contribution in [2.75, 3.05) is 0 Å². The van der Waals surface area contributed by atoms with Crippen LogP contribution in [0.5, 0.6) is 0 Å². The van der Waals surface area contributed by atoms with E-state index < -0.39 is 5.97 Å². The van der Waals surface area contributed by atoms with Crippen molar-refractivity contribution >= 4 is 5.97 Å². The average Bonchev–Trinajstić information content (AvgIpc) is 2.96. The fourth-order valence-corrected chi connectivity index (χ4v) is 2.14. The van der Waals surface area contributed by atoms with Crippen molar-refractivity contribution in [1.29, 1.82) is 0 Å². The lowest BCUT2D eigenvalue weighted by atomic mass is 10.2. The van der Waals surface area contributed by atoms with Crippen LogP contribution in [-0.4, -0.2) is 21.0 Å². The van der Waals surface area contributed by atoms with Crippen molar-refractivity contribution in [3.8, 4) is 5.69 Å². The molecule has 5 nitrogen and oxygen atoms in total. The molecule has 0 atom stereocenters. The number of halogens is 1. The molecule has 3 rings (SSSR count). The number of carbonyl (C=O) groups is 1. The Morgan fingerprint density at radius 1 is 1.13 bits per heavy atom. The average molecular weight is 311 g/mol. The second kappa shape index (κ2) is 6.39. The van der Waals surface area contributed by atoms with E-state index in [1.54, 1.807) is 19.1 Å². The molecule has 0 aliphatic carbocycles. The van der Waals surface area contributed by atoms with Gasteiger partial charge in [0.05, 0.1) is 11.4 Å². The van der Waals surface area contributed by atoms with Crippen LogP contribution in [0.3, 0.4) is 0 Å². The maximum atomic E-state index is 13.0. The van der Waals surface area contributed by atoms with Crippen LogP contribution < -0.4 is 0 Å². The van der Waals surface area contributed by atoms with Crippen LogP contribution in [0.25, 0.3) is 5.69 Å². The van der Waals surface area contributed by atoms with E-state index in [0.717, 1.165) is 5.56 Å². The molecule has 6 heteroatoms. The number of rotatable bonds is 4. The number of aromatic nitrogens is 3. The molecule has 0 amide bonds. The highest BCUT2D eigenvalue weighted by Gasteiger charge is 2.18. The highest BCUT2D eigenvalue weighted by Crippen LogP contribution is 2.14. The largest absolute Gasteiger partial charge is 0.456 e. The summed E-state index contributed by atoms with van der Waals surface area (Å²) in [7, 11) is 0. The Morgan fingerprint density at radius 2 is 1.83 bits per heavy atom. The monoisotopic (exact) mass is 311 g/mol. The SMILES string of the molecule is Cc1c(C(=O)OCc2ccccc2)nnn1-c1ccc(F)cc1. The van der Waals surface area contributed by atoms with Crippen molar-refractivity contribution in [2.45, 2.75) is 13.5 Å². The van der Waals surface area contributed by atoms with Gasteiger partial charge in [-0.3, -0.25) is 0 Å². The third-order valence-corrected chi connectivity index (χ3v) is 3.37. The maximum absolute atomic E-state index is 13.0. The summed E-state index contributed by atoms with van der Waals surface area (Å²) < 4.78 is 19.7. The van der Waals surface area contributed by atoms with Gasteiger partial charge in [0.25, 0.3) is 0 Å². The fourth-order valence-electron chi connectivity index (χ4n) is 2.14. The molecule has 0 aliphatic rings. The molecule has 0 fully saturated rings. The molecule has 0 radical (unpaired) electrons. The normalized spacial score (nSPS) is 10.5. The lowest BCUT2D eigenvalue weighted by Crippen LogP contribution is -2.08. The van der Waals surface area contributed by atoms with Gasteiger partial charge in [-0.05, 0) is 36.8 Å². The zero-order valence-corrected chi connectivity index (χ0v) is 12.4. The Bertz CT molecular complexity index is 814. The molecule has 0 saturated heterocycles. The predicted octanol–water partition coefficient (Wildman–Crippen LogP) is 3.07. The zero-order valence-electron chi connectivity index (χ0n) is 12.4. The van der Waals surface area contributed by atoms with Gasteiger partial charge in [0.15, 0.2) is 5.69 Å². The van der Waals surface area contributed by atoms with Crippen LogP contribution in [0.4, 0.5) is 4.39 Å². The van der Waals surface area contributed by atoms with Crippen molar-refractivity contribution in [3.63, 3.8) is 0 Å². The van der Waals surface area contributed by atoms with Crippen LogP contribution >= 0.6 is 0 Å². The van der Waals surface area contributed by atoms with E-state index >= 15 is 0 Å². The summed E-state index contributed by atoms with van der Waals surface area (Å²) >= 11 is 0. The van der Waals surface area contributed by atoms with Gasteiger partial charge >= 0.3 is 5.97 Å². The third-order valence-electron chi connectivity index (χ3n) is 3.37. The Hall–Kier alpha value is -3.02. The third kappa shape index (κ3) is 3.26. The number of hydrogen-bond acceptors (Lipinski definition) is 4. The molecule has 116 valence electrons. The van der Waals surface area contributed by atoms with Crippen LogP contribution in [0.2, 0.25) is 0 Å². The molecule has 23 heavy (non-hydrogen) atoms. The summed E-state index contributed by atoms with van der Waals surface area (Å²) in [5.74, 6) is -0.881. The second-order valence-electron chi connectivity index (χ2n) is 4.97.